The number of hydrazone groups is 1. The Morgan fingerprint density at radius 1 is 1.06 bits per heavy atom. The molecule has 0 aromatic heterocycles. The van der Waals surface area contributed by atoms with Crippen LogP contribution in [0.2, 0.25) is 0 Å². The van der Waals surface area contributed by atoms with Crippen molar-refractivity contribution in [2.75, 3.05) is 6.61 Å². The fourth-order valence-corrected chi connectivity index (χ4v) is 5.24. The minimum absolute atomic E-state index is 0.130. The van der Waals surface area contributed by atoms with Gasteiger partial charge in [-0.3, -0.25) is 9.63 Å². The van der Waals surface area contributed by atoms with Gasteiger partial charge in [-0.25, -0.2) is 5.01 Å². The van der Waals surface area contributed by atoms with Gasteiger partial charge in [-0.2, -0.15) is 10.2 Å². The predicted octanol–water partition coefficient (Wildman–Crippen LogP) is 6.28. The van der Waals surface area contributed by atoms with Crippen molar-refractivity contribution >= 4 is 46.4 Å². The zero-order valence-electron chi connectivity index (χ0n) is 20.0. The number of alkyl halides is 3. The molecule has 1 saturated heterocycles. The number of rotatable bonds is 4. The molecule has 0 saturated carbocycles. The van der Waals surface area contributed by atoms with Crippen molar-refractivity contribution in [3.05, 3.63) is 35.4 Å². The van der Waals surface area contributed by atoms with Crippen LogP contribution in [-0.4, -0.2) is 49.2 Å². The molecule has 178 valence electrons. The number of amides is 1. The molecule has 1 unspecified atom stereocenters. The summed E-state index contributed by atoms with van der Waals surface area (Å²) in [7, 11) is 0. The van der Waals surface area contributed by atoms with Crippen LogP contribution in [-0.2, 0) is 9.63 Å². The van der Waals surface area contributed by atoms with Gasteiger partial charge in [0.05, 0.1) is 18.4 Å². The number of benzene rings is 1. The Kier molecular flexibility index (Phi) is 7.04. The van der Waals surface area contributed by atoms with E-state index in [0.29, 0.717) is 0 Å². The predicted molar refractivity (Wildman–Crippen MR) is 132 cm³/mol. The lowest BCUT2D eigenvalue weighted by Gasteiger charge is -2.52. The summed E-state index contributed by atoms with van der Waals surface area (Å²) in [4.78, 5) is 19.5. The van der Waals surface area contributed by atoms with E-state index in [1.807, 2.05) is 31.2 Å². The van der Waals surface area contributed by atoms with Crippen LogP contribution in [0.5, 0.6) is 0 Å². The van der Waals surface area contributed by atoms with Gasteiger partial charge in [-0.15, -0.1) is 0 Å². The maximum absolute atomic E-state index is 13.1. The van der Waals surface area contributed by atoms with Crippen molar-refractivity contribution in [2.45, 2.75) is 88.6 Å². The highest BCUT2D eigenvalue weighted by Gasteiger charge is 2.52. The zero-order chi connectivity index (χ0) is 24.1. The third-order valence-corrected chi connectivity index (χ3v) is 7.25. The third kappa shape index (κ3) is 4.97. The standard InChI is InChI=1S/C24H34Cl3N3O2/c1-16-9-11-17(12-10-16)19-23(6,7)18(29(28-19)20(31)24(25,26)27)15-32-30-21(2,3)13-8-14-22(30,4)5/h9-12,18H,8,13-15H2,1-7H3. The van der Waals surface area contributed by atoms with Gasteiger partial charge in [0.2, 0.25) is 0 Å². The molecular weight excluding hydrogens is 469 g/mol. The Morgan fingerprint density at radius 2 is 1.59 bits per heavy atom. The normalized spacial score (nSPS) is 25.0. The molecule has 0 bridgehead atoms. The molecule has 1 aromatic rings. The number of hydroxylamine groups is 2. The van der Waals surface area contributed by atoms with E-state index in [1.165, 1.54) is 5.01 Å². The fraction of sp³-hybridized carbons (Fsp3) is 0.667. The van der Waals surface area contributed by atoms with Gasteiger partial charge in [0.15, 0.2) is 0 Å². The third-order valence-electron chi connectivity index (χ3n) is 6.76. The Hall–Kier alpha value is -0.850. The molecule has 1 aromatic carbocycles. The lowest BCUT2D eigenvalue weighted by atomic mass is 9.78. The highest BCUT2D eigenvalue weighted by molar-refractivity contribution is 6.76. The molecule has 1 atom stereocenters. The minimum atomic E-state index is -2.11. The Balaban J connectivity index is 1.95. The lowest BCUT2D eigenvalue weighted by molar-refractivity contribution is -0.287. The quantitative estimate of drug-likeness (QED) is 0.455. The number of hydrogen-bond acceptors (Lipinski definition) is 4. The first kappa shape index (κ1) is 25.8. The van der Waals surface area contributed by atoms with Crippen LogP contribution in [0.1, 0.15) is 71.9 Å². The van der Waals surface area contributed by atoms with E-state index in [-0.39, 0.29) is 17.7 Å². The van der Waals surface area contributed by atoms with E-state index in [0.717, 1.165) is 36.1 Å². The molecular formula is C24H34Cl3N3O2. The molecule has 5 nitrogen and oxygen atoms in total. The largest absolute Gasteiger partial charge is 0.296 e. The van der Waals surface area contributed by atoms with Gasteiger partial charge in [-0.05, 0) is 59.4 Å². The molecule has 3 rings (SSSR count). The molecule has 2 aliphatic heterocycles. The van der Waals surface area contributed by atoms with Crippen molar-refractivity contribution < 1.29 is 9.63 Å². The van der Waals surface area contributed by atoms with Crippen molar-refractivity contribution in [3.8, 4) is 0 Å². The second-order valence-electron chi connectivity index (χ2n) is 10.8. The molecule has 0 radical (unpaired) electrons. The highest BCUT2D eigenvalue weighted by Crippen LogP contribution is 2.43. The zero-order valence-corrected chi connectivity index (χ0v) is 22.3. The summed E-state index contributed by atoms with van der Waals surface area (Å²) in [5.41, 5.74) is 2.07. The van der Waals surface area contributed by atoms with Crippen LogP contribution in [0.3, 0.4) is 0 Å². The topological polar surface area (TPSA) is 45.1 Å². The number of piperidine rings is 1. The second kappa shape index (κ2) is 8.74. The molecule has 8 heteroatoms. The summed E-state index contributed by atoms with van der Waals surface area (Å²) in [6, 6.07) is 7.63. The summed E-state index contributed by atoms with van der Waals surface area (Å²) in [6.45, 7) is 15.1. The molecule has 0 spiro atoms. The molecule has 1 amide bonds. The monoisotopic (exact) mass is 501 g/mol. The summed E-state index contributed by atoms with van der Waals surface area (Å²) in [5.74, 6) is -0.677. The van der Waals surface area contributed by atoms with Gasteiger partial charge in [0.25, 0.3) is 9.70 Å². The van der Waals surface area contributed by atoms with E-state index in [2.05, 4.69) is 51.7 Å². The van der Waals surface area contributed by atoms with Crippen molar-refractivity contribution in [1.82, 2.24) is 10.1 Å². The van der Waals surface area contributed by atoms with Crippen molar-refractivity contribution in [1.29, 1.82) is 0 Å². The number of halogens is 3. The molecule has 0 N–H and O–H groups in total. The minimum Gasteiger partial charge on any atom is -0.296 e. The van der Waals surface area contributed by atoms with Crippen LogP contribution in [0.15, 0.2) is 29.4 Å². The van der Waals surface area contributed by atoms with Crippen LogP contribution >= 0.6 is 34.8 Å². The molecule has 2 aliphatic rings. The SMILES string of the molecule is Cc1ccc(C2=NN(C(=O)C(Cl)(Cl)Cl)C(CON3C(C)(C)CCCC3(C)C)C2(C)C)cc1. The van der Waals surface area contributed by atoms with Gasteiger partial charge < -0.3 is 0 Å². The van der Waals surface area contributed by atoms with E-state index >= 15 is 0 Å². The number of aryl methyl sites for hydroxylation is 1. The molecule has 2 heterocycles. The van der Waals surface area contributed by atoms with Crippen LogP contribution in [0.25, 0.3) is 0 Å². The van der Waals surface area contributed by atoms with Gasteiger partial charge in [0, 0.05) is 16.5 Å². The average Bonchev–Trinajstić information content (AvgIpc) is 2.90. The van der Waals surface area contributed by atoms with Gasteiger partial charge in [-0.1, -0.05) is 78.5 Å². The Morgan fingerprint density at radius 3 is 2.09 bits per heavy atom. The van der Waals surface area contributed by atoms with E-state index < -0.39 is 21.2 Å². The fourth-order valence-electron chi connectivity index (χ4n) is 4.98. The lowest BCUT2D eigenvalue weighted by Crippen LogP contribution is -2.60. The number of nitrogens with zero attached hydrogens (tertiary/aromatic N) is 3. The highest BCUT2D eigenvalue weighted by atomic mass is 35.6. The van der Waals surface area contributed by atoms with Crippen LogP contribution in [0, 0.1) is 12.3 Å². The first-order valence-corrected chi connectivity index (χ1v) is 12.2. The maximum atomic E-state index is 13.1. The van der Waals surface area contributed by atoms with E-state index in [1.54, 1.807) is 0 Å². The first-order valence-electron chi connectivity index (χ1n) is 11.1. The number of carbonyl (C=O) groups is 1. The molecule has 0 aliphatic carbocycles. The van der Waals surface area contributed by atoms with Crippen LogP contribution in [0.4, 0.5) is 0 Å². The summed E-state index contributed by atoms with van der Waals surface area (Å²) < 4.78 is -2.11. The summed E-state index contributed by atoms with van der Waals surface area (Å²) in [6.07, 6.45) is 3.21. The van der Waals surface area contributed by atoms with E-state index in [4.69, 9.17) is 39.6 Å². The maximum Gasteiger partial charge on any atom is 0.295 e. The summed E-state index contributed by atoms with van der Waals surface area (Å²) >= 11 is 18.0. The Bertz CT molecular complexity index is 873. The number of hydrogen-bond donors (Lipinski definition) is 0. The molecule has 32 heavy (non-hydrogen) atoms. The average molecular weight is 503 g/mol. The summed E-state index contributed by atoms with van der Waals surface area (Å²) in [5, 5.41) is 8.07. The van der Waals surface area contributed by atoms with Gasteiger partial charge >= 0.3 is 0 Å². The second-order valence-corrected chi connectivity index (χ2v) is 13.0. The van der Waals surface area contributed by atoms with E-state index in [9.17, 15) is 4.79 Å². The van der Waals surface area contributed by atoms with Crippen molar-refractivity contribution in [3.63, 3.8) is 0 Å². The molecule has 1 fully saturated rings. The smallest absolute Gasteiger partial charge is 0.295 e. The Labute approximate surface area is 207 Å². The first-order chi connectivity index (χ1) is 14.6. The van der Waals surface area contributed by atoms with Gasteiger partial charge in [0.1, 0.15) is 0 Å². The number of carbonyl (C=O) groups excluding carboxylic acids is 1. The van der Waals surface area contributed by atoms with Crippen molar-refractivity contribution in [2.24, 2.45) is 10.5 Å². The van der Waals surface area contributed by atoms with Crippen LogP contribution < -0.4 is 0 Å².